The first-order valence-electron chi connectivity index (χ1n) is 9.53. The Balaban J connectivity index is 1.49. The number of nitrogens with one attached hydrogen (secondary N) is 1. The molecule has 4 aromatic rings. The number of hydrogen-bond acceptors (Lipinski definition) is 4. The summed E-state index contributed by atoms with van der Waals surface area (Å²) in [7, 11) is 0. The Labute approximate surface area is 169 Å². The highest BCUT2D eigenvalue weighted by Gasteiger charge is 2.11. The predicted molar refractivity (Wildman–Crippen MR) is 114 cm³/mol. The third-order valence-electron chi connectivity index (χ3n) is 4.64. The average molecular weight is 383 g/mol. The maximum atomic E-state index is 12.6. The van der Waals surface area contributed by atoms with E-state index in [4.69, 9.17) is 4.42 Å². The van der Waals surface area contributed by atoms with Crippen molar-refractivity contribution in [3.63, 3.8) is 0 Å². The SMILES string of the molecule is CCc1cc(C)cc(C(=O)Nc2ccc(-c3nnc(-c4ccccc4)o3)cc2)c1. The van der Waals surface area contributed by atoms with Gasteiger partial charge in [-0.2, -0.15) is 0 Å². The van der Waals surface area contributed by atoms with Gasteiger partial charge in [-0.25, -0.2) is 0 Å². The van der Waals surface area contributed by atoms with Gasteiger partial charge < -0.3 is 9.73 Å². The van der Waals surface area contributed by atoms with Crippen LogP contribution in [-0.4, -0.2) is 16.1 Å². The molecule has 0 saturated heterocycles. The number of benzene rings is 3. The summed E-state index contributed by atoms with van der Waals surface area (Å²) in [6, 6.07) is 22.9. The van der Waals surface area contributed by atoms with E-state index in [0.29, 0.717) is 23.0 Å². The highest BCUT2D eigenvalue weighted by Crippen LogP contribution is 2.25. The first-order chi connectivity index (χ1) is 14.1. The minimum Gasteiger partial charge on any atom is -0.416 e. The van der Waals surface area contributed by atoms with Crippen LogP contribution in [0.1, 0.15) is 28.4 Å². The largest absolute Gasteiger partial charge is 0.416 e. The highest BCUT2D eigenvalue weighted by atomic mass is 16.4. The Morgan fingerprint density at radius 1 is 0.897 bits per heavy atom. The van der Waals surface area contributed by atoms with Crippen molar-refractivity contribution in [2.75, 3.05) is 5.32 Å². The number of nitrogens with zero attached hydrogens (tertiary/aromatic N) is 2. The maximum Gasteiger partial charge on any atom is 0.255 e. The lowest BCUT2D eigenvalue weighted by molar-refractivity contribution is 0.102. The lowest BCUT2D eigenvalue weighted by Crippen LogP contribution is -2.12. The van der Waals surface area contributed by atoms with Crippen LogP contribution in [0.4, 0.5) is 5.69 Å². The number of carbonyl (C=O) groups is 1. The molecule has 0 bridgehead atoms. The number of aryl methyl sites for hydroxylation is 2. The first kappa shape index (κ1) is 18.6. The van der Waals surface area contributed by atoms with Crippen molar-refractivity contribution < 1.29 is 9.21 Å². The molecule has 0 radical (unpaired) electrons. The number of carbonyl (C=O) groups excluding carboxylic acids is 1. The number of aromatic nitrogens is 2. The quantitative estimate of drug-likeness (QED) is 0.492. The van der Waals surface area contributed by atoms with Crippen molar-refractivity contribution in [1.29, 1.82) is 0 Å². The van der Waals surface area contributed by atoms with Crippen molar-refractivity contribution in [3.8, 4) is 22.9 Å². The molecule has 3 aromatic carbocycles. The summed E-state index contributed by atoms with van der Waals surface area (Å²) in [6.45, 7) is 4.08. The molecule has 0 spiro atoms. The number of anilines is 1. The molecule has 1 N–H and O–H groups in total. The predicted octanol–water partition coefficient (Wildman–Crippen LogP) is 5.53. The topological polar surface area (TPSA) is 68.0 Å². The van der Waals surface area contributed by atoms with E-state index >= 15 is 0 Å². The van der Waals surface area contributed by atoms with Gasteiger partial charge in [-0.15, -0.1) is 10.2 Å². The van der Waals surface area contributed by atoms with E-state index in [1.165, 1.54) is 0 Å². The monoisotopic (exact) mass is 383 g/mol. The summed E-state index contributed by atoms with van der Waals surface area (Å²) in [6.07, 6.45) is 0.895. The van der Waals surface area contributed by atoms with Gasteiger partial charge in [-0.05, 0) is 67.4 Å². The molecule has 1 heterocycles. The lowest BCUT2D eigenvalue weighted by Gasteiger charge is -2.08. The van der Waals surface area contributed by atoms with Crippen molar-refractivity contribution in [2.45, 2.75) is 20.3 Å². The van der Waals surface area contributed by atoms with Crippen molar-refractivity contribution in [1.82, 2.24) is 10.2 Å². The van der Waals surface area contributed by atoms with Gasteiger partial charge in [-0.1, -0.05) is 36.8 Å². The Hall–Kier alpha value is -3.73. The summed E-state index contributed by atoms with van der Waals surface area (Å²) >= 11 is 0. The van der Waals surface area contributed by atoms with Gasteiger partial charge in [0.25, 0.3) is 5.91 Å². The molecule has 0 aliphatic carbocycles. The average Bonchev–Trinajstić information content (AvgIpc) is 3.25. The van der Waals surface area contributed by atoms with Gasteiger partial charge in [0.1, 0.15) is 0 Å². The second-order valence-corrected chi connectivity index (χ2v) is 6.87. The number of rotatable bonds is 5. The van der Waals surface area contributed by atoms with Crippen LogP contribution in [0.15, 0.2) is 77.2 Å². The van der Waals surface area contributed by atoms with E-state index in [0.717, 1.165) is 28.7 Å². The van der Waals surface area contributed by atoms with Crippen LogP contribution in [0, 0.1) is 6.92 Å². The maximum absolute atomic E-state index is 12.6. The molecule has 0 fully saturated rings. The molecule has 0 saturated carbocycles. The lowest BCUT2D eigenvalue weighted by atomic mass is 10.0. The molecule has 144 valence electrons. The molecule has 0 aliphatic rings. The molecule has 4 rings (SSSR count). The molecule has 5 heteroatoms. The molecule has 1 aromatic heterocycles. The van der Waals surface area contributed by atoms with Crippen LogP contribution in [0.25, 0.3) is 22.9 Å². The molecule has 0 aliphatic heterocycles. The standard InChI is InChI=1S/C24H21N3O2/c1-3-17-13-16(2)14-20(15-17)22(28)25-21-11-9-19(10-12-21)24-27-26-23(29-24)18-7-5-4-6-8-18/h4-15H,3H2,1-2H3,(H,25,28). The molecular weight excluding hydrogens is 362 g/mol. The van der Waals surface area contributed by atoms with E-state index < -0.39 is 0 Å². The third kappa shape index (κ3) is 4.24. The first-order valence-corrected chi connectivity index (χ1v) is 9.53. The van der Waals surface area contributed by atoms with Crippen LogP contribution in [0.5, 0.6) is 0 Å². The molecule has 29 heavy (non-hydrogen) atoms. The van der Waals surface area contributed by atoms with Crippen LogP contribution in [-0.2, 0) is 6.42 Å². The van der Waals surface area contributed by atoms with Crippen molar-refractivity contribution in [3.05, 3.63) is 89.5 Å². The van der Waals surface area contributed by atoms with Gasteiger partial charge in [0.2, 0.25) is 11.8 Å². The zero-order chi connectivity index (χ0) is 20.2. The van der Waals surface area contributed by atoms with Gasteiger partial charge in [-0.3, -0.25) is 4.79 Å². The highest BCUT2D eigenvalue weighted by molar-refractivity contribution is 6.04. The summed E-state index contributed by atoms with van der Waals surface area (Å²) in [5, 5.41) is 11.2. The second kappa shape index (κ2) is 8.10. The zero-order valence-corrected chi connectivity index (χ0v) is 16.3. The van der Waals surface area contributed by atoms with Crippen LogP contribution < -0.4 is 5.32 Å². The second-order valence-electron chi connectivity index (χ2n) is 6.87. The summed E-state index contributed by atoms with van der Waals surface area (Å²) in [4.78, 5) is 12.6. The Kier molecular flexibility index (Phi) is 5.20. The van der Waals surface area contributed by atoms with Gasteiger partial charge in [0.05, 0.1) is 0 Å². The van der Waals surface area contributed by atoms with E-state index in [2.05, 4.69) is 28.5 Å². The fourth-order valence-electron chi connectivity index (χ4n) is 3.13. The Bertz CT molecular complexity index is 1130. The molecule has 0 atom stereocenters. The van der Waals surface area contributed by atoms with Gasteiger partial charge in [0, 0.05) is 22.4 Å². The van der Waals surface area contributed by atoms with E-state index in [-0.39, 0.29) is 5.91 Å². The number of amides is 1. The molecule has 0 unspecified atom stereocenters. The van der Waals surface area contributed by atoms with E-state index in [1.54, 1.807) is 0 Å². The summed E-state index contributed by atoms with van der Waals surface area (Å²) in [5.74, 6) is 0.789. The fraction of sp³-hybridized carbons (Fsp3) is 0.125. The minimum absolute atomic E-state index is 0.125. The third-order valence-corrected chi connectivity index (χ3v) is 4.64. The van der Waals surface area contributed by atoms with E-state index in [1.807, 2.05) is 73.7 Å². The normalized spacial score (nSPS) is 10.7. The van der Waals surface area contributed by atoms with Crippen molar-refractivity contribution >= 4 is 11.6 Å². The molecule has 5 nitrogen and oxygen atoms in total. The van der Waals surface area contributed by atoms with E-state index in [9.17, 15) is 4.79 Å². The van der Waals surface area contributed by atoms with Crippen molar-refractivity contribution in [2.24, 2.45) is 0 Å². The van der Waals surface area contributed by atoms with Crippen LogP contribution >= 0.6 is 0 Å². The smallest absolute Gasteiger partial charge is 0.255 e. The Morgan fingerprint density at radius 2 is 1.55 bits per heavy atom. The summed E-state index contributed by atoms with van der Waals surface area (Å²) < 4.78 is 5.78. The number of hydrogen-bond donors (Lipinski definition) is 1. The fourth-order valence-corrected chi connectivity index (χ4v) is 3.13. The minimum atomic E-state index is -0.125. The van der Waals surface area contributed by atoms with Gasteiger partial charge >= 0.3 is 0 Å². The van der Waals surface area contributed by atoms with Gasteiger partial charge in [0.15, 0.2) is 0 Å². The van der Waals surface area contributed by atoms with Crippen LogP contribution in [0.2, 0.25) is 0 Å². The molecule has 1 amide bonds. The summed E-state index contributed by atoms with van der Waals surface area (Å²) in [5.41, 5.74) is 5.27. The molecular formula is C24H21N3O2. The Morgan fingerprint density at radius 3 is 2.21 bits per heavy atom. The van der Waals surface area contributed by atoms with Crippen LogP contribution in [0.3, 0.4) is 0 Å². The zero-order valence-electron chi connectivity index (χ0n) is 16.3.